The molecule has 0 saturated carbocycles. The predicted octanol–water partition coefficient (Wildman–Crippen LogP) is 3.59. The molecule has 0 aliphatic rings. The summed E-state index contributed by atoms with van der Waals surface area (Å²) in [6.45, 7) is 0. The Morgan fingerprint density at radius 3 is 1.21 bits per heavy atom. The summed E-state index contributed by atoms with van der Waals surface area (Å²) in [6.07, 6.45) is -16.3. The van der Waals surface area contributed by atoms with E-state index in [2.05, 4.69) is 0 Å². The number of rotatable bonds is 2. The van der Waals surface area contributed by atoms with Crippen LogP contribution in [0, 0.1) is 0 Å². The highest BCUT2D eigenvalue weighted by molar-refractivity contribution is 14.1. The molecule has 0 amide bonds. The van der Waals surface area contributed by atoms with E-state index in [0.29, 0.717) is 0 Å². The quantitative estimate of drug-likeness (QED) is 0.409. The van der Waals surface area contributed by atoms with E-state index in [-0.39, 0.29) is 0 Å². The molecule has 0 aliphatic heterocycles. The van der Waals surface area contributed by atoms with E-state index in [1.165, 1.54) is 0 Å². The van der Waals surface area contributed by atoms with Crippen LogP contribution >= 0.6 is 22.6 Å². The highest BCUT2D eigenvalue weighted by atomic mass is 127. The van der Waals surface area contributed by atoms with Crippen LogP contribution in [0.3, 0.4) is 0 Å². The van der Waals surface area contributed by atoms with Gasteiger partial charge in [-0.3, -0.25) is 0 Å². The van der Waals surface area contributed by atoms with Crippen LogP contribution < -0.4 is 0 Å². The fraction of sp³-hybridized carbons (Fsp3) is 1.00. The molecule has 9 heteroatoms. The zero-order chi connectivity index (χ0) is 11.8. The summed E-state index contributed by atoms with van der Waals surface area (Å²) < 4.78 is 93.9. The molecule has 0 bridgehead atoms. The second-order valence-electron chi connectivity index (χ2n) is 2.33. The molecule has 0 aromatic carbocycles. The minimum Gasteiger partial charge on any atom is -0.242 e. The van der Waals surface area contributed by atoms with Crippen molar-refractivity contribution in [3.8, 4) is 0 Å². The van der Waals surface area contributed by atoms with Crippen LogP contribution in [-0.2, 0) is 0 Å². The molecule has 0 nitrogen and oxygen atoms in total. The number of halogens is 9. The molecule has 0 aromatic heterocycles. The van der Waals surface area contributed by atoms with Crippen LogP contribution in [0.1, 0.15) is 0 Å². The van der Waals surface area contributed by atoms with Crippen molar-refractivity contribution < 1.29 is 35.1 Å². The normalized spacial score (nSPS) is 16.9. The van der Waals surface area contributed by atoms with Crippen LogP contribution in [0.25, 0.3) is 0 Å². The fourth-order valence-corrected chi connectivity index (χ4v) is 1.23. The summed E-state index contributed by atoms with van der Waals surface area (Å²) in [5, 5.41) is 0. The minimum atomic E-state index is -6.31. The molecule has 0 aliphatic carbocycles. The highest BCUT2D eigenvalue weighted by Gasteiger charge is 2.76. The van der Waals surface area contributed by atoms with Gasteiger partial charge in [0.1, 0.15) is 0 Å². The van der Waals surface area contributed by atoms with Crippen molar-refractivity contribution in [1.82, 2.24) is 0 Å². The first kappa shape index (κ1) is 14.2. The first-order chi connectivity index (χ1) is 5.98. The Balaban J connectivity index is 5.29. The van der Waals surface area contributed by atoms with Crippen LogP contribution in [0.2, 0.25) is 0 Å². The topological polar surface area (TPSA) is 0 Å². The smallest absolute Gasteiger partial charge is 0.242 e. The van der Waals surface area contributed by atoms with E-state index in [1.54, 1.807) is 0 Å². The van der Waals surface area contributed by atoms with Crippen molar-refractivity contribution in [3.63, 3.8) is 0 Å². The van der Waals surface area contributed by atoms with Gasteiger partial charge in [0.05, 0.1) is 0 Å². The SMILES string of the molecule is FC(CI)C(F)(C(F)(F)F)C(F)(F)F. The highest BCUT2D eigenvalue weighted by Crippen LogP contribution is 2.49. The summed E-state index contributed by atoms with van der Waals surface area (Å²) in [6, 6.07) is 0. The summed E-state index contributed by atoms with van der Waals surface area (Å²) >= 11 is 0.904. The Kier molecular flexibility index (Phi) is 4.02. The Hall–Kier alpha value is 0.170. The lowest BCUT2D eigenvalue weighted by Crippen LogP contribution is -2.60. The van der Waals surface area contributed by atoms with Gasteiger partial charge in [-0.25, -0.2) is 8.78 Å². The molecule has 1 atom stereocenters. The number of hydrogen-bond donors (Lipinski definition) is 0. The van der Waals surface area contributed by atoms with Crippen LogP contribution in [0.5, 0.6) is 0 Å². The summed E-state index contributed by atoms with van der Waals surface area (Å²) in [4.78, 5) is 0. The average Bonchev–Trinajstić information content (AvgIpc) is 1.97. The minimum absolute atomic E-state index is 0.904. The van der Waals surface area contributed by atoms with Gasteiger partial charge < -0.3 is 0 Å². The molecule has 0 aromatic rings. The van der Waals surface area contributed by atoms with Gasteiger partial charge in [-0.05, 0) is 0 Å². The third kappa shape index (κ3) is 2.22. The molecule has 0 N–H and O–H groups in total. The molecule has 0 rings (SSSR count). The van der Waals surface area contributed by atoms with Gasteiger partial charge in [0.25, 0.3) is 0 Å². The van der Waals surface area contributed by atoms with Crippen molar-refractivity contribution in [2.75, 3.05) is 4.43 Å². The predicted molar refractivity (Wildman–Crippen MR) is 39.7 cm³/mol. The lowest BCUT2D eigenvalue weighted by atomic mass is 10.00. The molecule has 0 spiro atoms. The maximum Gasteiger partial charge on any atom is 0.434 e. The second kappa shape index (κ2) is 3.97. The second-order valence-corrected chi connectivity index (χ2v) is 3.21. The van der Waals surface area contributed by atoms with Crippen molar-refractivity contribution in [2.24, 2.45) is 0 Å². The summed E-state index contributed by atoms with van der Waals surface area (Å²) in [5.41, 5.74) is -5.79. The van der Waals surface area contributed by atoms with E-state index >= 15 is 0 Å². The third-order valence-electron chi connectivity index (χ3n) is 1.39. The zero-order valence-electron chi connectivity index (χ0n) is 6.19. The third-order valence-corrected chi connectivity index (χ3v) is 2.17. The molecular weight excluding hydrogens is 339 g/mol. The van der Waals surface area contributed by atoms with Crippen LogP contribution in [0.15, 0.2) is 0 Å². The van der Waals surface area contributed by atoms with Gasteiger partial charge in [0, 0.05) is 4.43 Å². The van der Waals surface area contributed by atoms with Crippen molar-refractivity contribution >= 4 is 22.6 Å². The largest absolute Gasteiger partial charge is 0.434 e. The lowest BCUT2D eigenvalue weighted by molar-refractivity contribution is -0.355. The van der Waals surface area contributed by atoms with E-state index in [9.17, 15) is 35.1 Å². The van der Waals surface area contributed by atoms with Gasteiger partial charge in [-0.15, -0.1) is 0 Å². The summed E-state index contributed by atoms with van der Waals surface area (Å²) in [5.74, 6) is 0. The van der Waals surface area contributed by atoms with E-state index in [1.807, 2.05) is 0 Å². The van der Waals surface area contributed by atoms with Gasteiger partial charge >= 0.3 is 18.0 Å². The average molecular weight is 342 g/mol. The Morgan fingerprint density at radius 2 is 1.14 bits per heavy atom. The van der Waals surface area contributed by atoms with E-state index in [4.69, 9.17) is 0 Å². The molecular formula is C5H3F8I. The summed E-state index contributed by atoms with van der Waals surface area (Å²) in [7, 11) is 0. The first-order valence-corrected chi connectivity index (χ1v) is 4.53. The molecule has 86 valence electrons. The molecule has 0 heterocycles. The Morgan fingerprint density at radius 1 is 0.857 bits per heavy atom. The number of alkyl halides is 9. The Bertz CT molecular complexity index is 179. The van der Waals surface area contributed by atoms with Crippen LogP contribution in [-0.4, -0.2) is 28.6 Å². The maximum absolute atomic E-state index is 12.6. The zero-order valence-corrected chi connectivity index (χ0v) is 8.34. The molecule has 0 fully saturated rings. The van der Waals surface area contributed by atoms with Gasteiger partial charge in [0.2, 0.25) is 0 Å². The van der Waals surface area contributed by atoms with Gasteiger partial charge in [-0.1, -0.05) is 22.6 Å². The van der Waals surface area contributed by atoms with Gasteiger partial charge in [-0.2, -0.15) is 26.3 Å². The number of hydrogen-bond acceptors (Lipinski definition) is 0. The molecule has 1 unspecified atom stereocenters. The van der Waals surface area contributed by atoms with Crippen molar-refractivity contribution in [3.05, 3.63) is 0 Å². The van der Waals surface area contributed by atoms with Crippen LogP contribution in [0.4, 0.5) is 35.1 Å². The molecule has 0 radical (unpaired) electrons. The van der Waals surface area contributed by atoms with Crippen molar-refractivity contribution in [2.45, 2.75) is 24.2 Å². The van der Waals surface area contributed by atoms with E-state index in [0.717, 1.165) is 22.6 Å². The monoisotopic (exact) mass is 342 g/mol. The lowest BCUT2D eigenvalue weighted by Gasteiger charge is -2.31. The maximum atomic E-state index is 12.6. The first-order valence-electron chi connectivity index (χ1n) is 3.01. The Labute approximate surface area is 86.8 Å². The van der Waals surface area contributed by atoms with E-state index < -0.39 is 28.6 Å². The molecule has 0 saturated heterocycles. The fourth-order valence-electron chi connectivity index (χ4n) is 0.622. The standard InChI is InChI=1S/C5H3F8I/c6-2(1-14)3(7,4(8,9)10)5(11,12)13/h2H,1H2. The van der Waals surface area contributed by atoms with Gasteiger partial charge in [0.15, 0.2) is 6.17 Å². The molecule has 14 heavy (non-hydrogen) atoms. The van der Waals surface area contributed by atoms with Crippen molar-refractivity contribution in [1.29, 1.82) is 0 Å².